The van der Waals surface area contributed by atoms with Crippen molar-refractivity contribution in [3.63, 3.8) is 0 Å². The molecule has 2 aliphatic rings. The lowest BCUT2D eigenvalue weighted by molar-refractivity contribution is -0.143. The molecule has 2 heterocycles. The average molecular weight is 277 g/mol. The van der Waals surface area contributed by atoms with Gasteiger partial charge in [-0.25, -0.2) is 0 Å². The number of nitrogens with zero attached hydrogens (tertiary/aromatic N) is 3. The molecule has 1 aliphatic carbocycles. The summed E-state index contributed by atoms with van der Waals surface area (Å²) in [6.45, 7) is 3.44. The number of carbonyl (C=O) groups is 1. The molecule has 1 aromatic rings. The SMILES string of the molecule is C[C@@H](OCC1CC1)C(=O)N1CCC[C@H]1c1cnn(C)c1. The van der Waals surface area contributed by atoms with Gasteiger partial charge in [-0.05, 0) is 38.5 Å². The minimum absolute atomic E-state index is 0.122. The Bertz CT molecular complexity index is 481. The zero-order valence-corrected chi connectivity index (χ0v) is 12.3. The van der Waals surface area contributed by atoms with E-state index >= 15 is 0 Å². The van der Waals surface area contributed by atoms with Crippen LogP contribution in [0.1, 0.15) is 44.2 Å². The minimum atomic E-state index is -0.326. The van der Waals surface area contributed by atoms with E-state index in [1.807, 2.05) is 31.3 Å². The van der Waals surface area contributed by atoms with E-state index in [0.29, 0.717) is 5.92 Å². The van der Waals surface area contributed by atoms with Crippen LogP contribution in [0.25, 0.3) is 0 Å². The Morgan fingerprint density at radius 3 is 2.95 bits per heavy atom. The standard InChI is InChI=1S/C15H23N3O2/c1-11(20-10-12-5-6-12)15(19)18-7-3-4-14(18)13-8-16-17(2)9-13/h8-9,11-12,14H,3-7,10H2,1-2H3/t11-,14+/m1/s1. The highest BCUT2D eigenvalue weighted by molar-refractivity contribution is 5.81. The van der Waals surface area contributed by atoms with Crippen molar-refractivity contribution in [2.45, 2.75) is 44.8 Å². The van der Waals surface area contributed by atoms with E-state index in [0.717, 1.165) is 31.6 Å². The number of hydrogen-bond donors (Lipinski definition) is 0. The van der Waals surface area contributed by atoms with Crippen LogP contribution in [-0.4, -0.2) is 39.8 Å². The van der Waals surface area contributed by atoms with Gasteiger partial charge >= 0.3 is 0 Å². The molecule has 2 atom stereocenters. The summed E-state index contributed by atoms with van der Waals surface area (Å²) in [6.07, 6.45) is 8.13. The van der Waals surface area contributed by atoms with Gasteiger partial charge in [-0.15, -0.1) is 0 Å². The lowest BCUT2D eigenvalue weighted by atomic mass is 10.1. The molecule has 2 fully saturated rings. The molecule has 5 heteroatoms. The number of hydrogen-bond acceptors (Lipinski definition) is 3. The molecule has 1 aromatic heterocycles. The van der Waals surface area contributed by atoms with Crippen molar-refractivity contribution in [1.82, 2.24) is 14.7 Å². The molecule has 1 saturated carbocycles. The molecule has 0 unspecified atom stereocenters. The van der Waals surface area contributed by atoms with Crippen molar-refractivity contribution in [2.75, 3.05) is 13.2 Å². The first-order chi connectivity index (χ1) is 9.65. The van der Waals surface area contributed by atoms with Gasteiger partial charge in [0.2, 0.25) is 0 Å². The first kappa shape index (κ1) is 13.6. The summed E-state index contributed by atoms with van der Waals surface area (Å²) < 4.78 is 7.51. The lowest BCUT2D eigenvalue weighted by Crippen LogP contribution is -2.38. The number of likely N-dealkylation sites (tertiary alicyclic amines) is 1. The van der Waals surface area contributed by atoms with Crippen molar-refractivity contribution in [3.05, 3.63) is 18.0 Å². The maximum absolute atomic E-state index is 12.5. The first-order valence-electron chi connectivity index (χ1n) is 7.56. The summed E-state index contributed by atoms with van der Waals surface area (Å²) in [5.41, 5.74) is 1.13. The fraction of sp³-hybridized carbons (Fsp3) is 0.733. The van der Waals surface area contributed by atoms with E-state index in [1.54, 1.807) is 4.68 Å². The summed E-state index contributed by atoms with van der Waals surface area (Å²) in [4.78, 5) is 14.5. The van der Waals surface area contributed by atoms with E-state index < -0.39 is 0 Å². The van der Waals surface area contributed by atoms with Crippen LogP contribution in [0.3, 0.4) is 0 Å². The molecule has 0 bridgehead atoms. The Labute approximate surface area is 119 Å². The third-order valence-corrected chi connectivity index (χ3v) is 4.27. The Hall–Kier alpha value is -1.36. The molecule has 5 nitrogen and oxygen atoms in total. The molecule has 0 spiro atoms. The van der Waals surface area contributed by atoms with Crippen LogP contribution < -0.4 is 0 Å². The second kappa shape index (κ2) is 5.56. The van der Waals surface area contributed by atoms with Crippen LogP contribution in [0.5, 0.6) is 0 Å². The summed E-state index contributed by atoms with van der Waals surface area (Å²) >= 11 is 0. The molecule has 20 heavy (non-hydrogen) atoms. The van der Waals surface area contributed by atoms with E-state index in [2.05, 4.69) is 5.10 Å². The van der Waals surface area contributed by atoms with Crippen LogP contribution in [-0.2, 0) is 16.6 Å². The first-order valence-corrected chi connectivity index (χ1v) is 7.56. The molecule has 1 amide bonds. The zero-order valence-electron chi connectivity index (χ0n) is 12.3. The van der Waals surface area contributed by atoms with Gasteiger partial charge in [0.25, 0.3) is 5.91 Å². The predicted octanol–water partition coefficient (Wildman–Crippen LogP) is 1.90. The van der Waals surface area contributed by atoms with Gasteiger partial charge in [0.15, 0.2) is 0 Å². The van der Waals surface area contributed by atoms with Crippen molar-refractivity contribution in [1.29, 1.82) is 0 Å². The van der Waals surface area contributed by atoms with Gasteiger partial charge < -0.3 is 9.64 Å². The van der Waals surface area contributed by atoms with Crippen molar-refractivity contribution in [2.24, 2.45) is 13.0 Å². The number of aromatic nitrogens is 2. The van der Waals surface area contributed by atoms with Gasteiger partial charge in [-0.3, -0.25) is 9.48 Å². The van der Waals surface area contributed by atoms with Crippen molar-refractivity contribution < 1.29 is 9.53 Å². The number of rotatable bonds is 5. The fourth-order valence-corrected chi connectivity index (χ4v) is 2.86. The summed E-state index contributed by atoms with van der Waals surface area (Å²) in [7, 11) is 1.91. The summed E-state index contributed by atoms with van der Waals surface area (Å²) in [6, 6.07) is 0.170. The van der Waals surface area contributed by atoms with Crippen LogP contribution >= 0.6 is 0 Å². The van der Waals surface area contributed by atoms with Crippen molar-refractivity contribution >= 4 is 5.91 Å². The number of amides is 1. The predicted molar refractivity (Wildman–Crippen MR) is 75.0 cm³/mol. The fourth-order valence-electron chi connectivity index (χ4n) is 2.86. The highest BCUT2D eigenvalue weighted by atomic mass is 16.5. The van der Waals surface area contributed by atoms with E-state index in [9.17, 15) is 4.79 Å². The molecule has 0 aromatic carbocycles. The smallest absolute Gasteiger partial charge is 0.251 e. The normalized spacial score (nSPS) is 24.1. The molecule has 1 saturated heterocycles. The van der Waals surface area contributed by atoms with E-state index in [4.69, 9.17) is 4.74 Å². The minimum Gasteiger partial charge on any atom is -0.368 e. The number of aryl methyl sites for hydroxylation is 1. The maximum Gasteiger partial charge on any atom is 0.251 e. The Balaban J connectivity index is 1.63. The zero-order chi connectivity index (χ0) is 14.1. The Morgan fingerprint density at radius 1 is 1.50 bits per heavy atom. The maximum atomic E-state index is 12.5. The van der Waals surface area contributed by atoms with Crippen LogP contribution in [0.4, 0.5) is 0 Å². The lowest BCUT2D eigenvalue weighted by Gasteiger charge is -2.27. The van der Waals surface area contributed by atoms with E-state index in [1.165, 1.54) is 12.8 Å². The van der Waals surface area contributed by atoms with Gasteiger partial charge in [0.05, 0.1) is 18.8 Å². The third kappa shape index (κ3) is 2.87. The molecule has 0 N–H and O–H groups in total. The second-order valence-electron chi connectivity index (χ2n) is 6.06. The quantitative estimate of drug-likeness (QED) is 0.826. The van der Waals surface area contributed by atoms with Crippen LogP contribution in [0, 0.1) is 5.92 Å². The number of carbonyl (C=O) groups excluding carboxylic acids is 1. The van der Waals surface area contributed by atoms with Crippen LogP contribution in [0.15, 0.2) is 12.4 Å². The molecule has 0 radical (unpaired) electrons. The second-order valence-corrected chi connectivity index (χ2v) is 6.06. The Morgan fingerprint density at radius 2 is 2.30 bits per heavy atom. The van der Waals surface area contributed by atoms with Gasteiger partial charge in [0, 0.05) is 25.4 Å². The van der Waals surface area contributed by atoms with Crippen LogP contribution in [0.2, 0.25) is 0 Å². The van der Waals surface area contributed by atoms with Gasteiger partial charge in [-0.1, -0.05) is 0 Å². The molecule has 110 valence electrons. The molecular formula is C15H23N3O2. The molecule has 3 rings (SSSR count). The summed E-state index contributed by atoms with van der Waals surface area (Å²) in [5, 5.41) is 4.22. The van der Waals surface area contributed by atoms with E-state index in [-0.39, 0.29) is 18.1 Å². The highest BCUT2D eigenvalue weighted by Gasteiger charge is 2.34. The molecular weight excluding hydrogens is 254 g/mol. The van der Waals surface area contributed by atoms with Gasteiger partial charge in [0.1, 0.15) is 6.10 Å². The molecule has 1 aliphatic heterocycles. The van der Waals surface area contributed by atoms with Gasteiger partial charge in [-0.2, -0.15) is 5.10 Å². The third-order valence-electron chi connectivity index (χ3n) is 4.27. The average Bonchev–Trinajstić information content (AvgIpc) is 2.96. The van der Waals surface area contributed by atoms with Crippen molar-refractivity contribution in [3.8, 4) is 0 Å². The topological polar surface area (TPSA) is 47.4 Å². The number of ether oxygens (including phenoxy) is 1. The highest BCUT2D eigenvalue weighted by Crippen LogP contribution is 2.33. The Kier molecular flexibility index (Phi) is 3.78. The summed E-state index contributed by atoms with van der Waals surface area (Å²) in [5.74, 6) is 0.815. The monoisotopic (exact) mass is 277 g/mol. The largest absolute Gasteiger partial charge is 0.368 e.